The minimum absolute atomic E-state index is 0.312. The van der Waals surface area contributed by atoms with Crippen molar-refractivity contribution in [1.82, 2.24) is 20.0 Å². The van der Waals surface area contributed by atoms with Gasteiger partial charge in [-0.1, -0.05) is 41.4 Å². The average Bonchev–Trinajstić information content (AvgIpc) is 3.38. The van der Waals surface area contributed by atoms with Gasteiger partial charge in [0.1, 0.15) is 11.4 Å². The van der Waals surface area contributed by atoms with Crippen LogP contribution in [-0.2, 0) is 6.54 Å². The number of ether oxygens (including phenoxy) is 1. The molecule has 4 aromatic rings. The van der Waals surface area contributed by atoms with Gasteiger partial charge in [-0.15, -0.1) is 0 Å². The molecule has 4 rings (SSSR count). The van der Waals surface area contributed by atoms with Gasteiger partial charge in [-0.05, 0) is 44.2 Å². The molecule has 0 saturated heterocycles. The highest BCUT2D eigenvalue weighted by Gasteiger charge is 2.18. The smallest absolute Gasteiger partial charge is 0.273 e. The number of amides is 1. The lowest BCUT2D eigenvalue weighted by atomic mass is 10.1. The molecule has 0 radical (unpaired) electrons. The molecule has 2 heterocycles. The van der Waals surface area contributed by atoms with Crippen LogP contribution >= 0.6 is 23.2 Å². The van der Waals surface area contributed by atoms with Crippen molar-refractivity contribution in [3.8, 4) is 17.0 Å². The van der Waals surface area contributed by atoms with E-state index in [1.807, 2.05) is 38.1 Å². The maximum atomic E-state index is 12.9. The third-order valence-electron chi connectivity index (χ3n) is 5.18. The molecular weight excluding hydrogens is 449 g/mol. The van der Waals surface area contributed by atoms with Crippen LogP contribution in [-0.4, -0.2) is 33.0 Å². The number of benzene rings is 2. The molecule has 164 valence electrons. The Morgan fingerprint density at radius 3 is 2.56 bits per heavy atom. The summed E-state index contributed by atoms with van der Waals surface area (Å²) in [4.78, 5) is 12.9. The number of aryl methyl sites for hydroxylation is 1. The van der Waals surface area contributed by atoms with E-state index in [4.69, 9.17) is 27.9 Å². The Morgan fingerprint density at radius 1 is 1.12 bits per heavy atom. The highest BCUT2D eigenvalue weighted by atomic mass is 35.5. The summed E-state index contributed by atoms with van der Waals surface area (Å²) in [7, 11) is 1.60. The summed E-state index contributed by atoms with van der Waals surface area (Å²) in [5, 5.41) is 15.7. The Kier molecular flexibility index (Phi) is 6.21. The first-order chi connectivity index (χ1) is 15.4. The summed E-state index contributed by atoms with van der Waals surface area (Å²) in [6.07, 6.45) is 0. The number of nitrogens with one attached hydrogen (secondary N) is 2. The molecule has 1 amide bonds. The standard InChI is InChI=1S/C23H21Cl2N5O2/c1-13-22(14(2)30(29-13)12-17-18(24)8-5-9-19(17)25)26-23(31)21-11-20(27-28-21)15-6-4-7-16(10-15)32-3/h4-11H,12H2,1-3H3,(H,26,31)(H,27,28). The van der Waals surface area contributed by atoms with Crippen molar-refractivity contribution in [2.45, 2.75) is 20.4 Å². The number of carbonyl (C=O) groups excluding carboxylic acids is 1. The third kappa shape index (κ3) is 4.35. The van der Waals surface area contributed by atoms with Gasteiger partial charge in [-0.25, -0.2) is 0 Å². The highest BCUT2D eigenvalue weighted by Crippen LogP contribution is 2.28. The van der Waals surface area contributed by atoms with Gasteiger partial charge in [0, 0.05) is 21.2 Å². The summed E-state index contributed by atoms with van der Waals surface area (Å²) < 4.78 is 7.02. The van der Waals surface area contributed by atoms with Crippen LogP contribution in [0.3, 0.4) is 0 Å². The Balaban J connectivity index is 1.55. The molecule has 0 aliphatic heterocycles. The van der Waals surface area contributed by atoms with Crippen molar-refractivity contribution in [1.29, 1.82) is 0 Å². The molecule has 2 aromatic carbocycles. The topological polar surface area (TPSA) is 84.8 Å². The number of halogens is 2. The molecule has 7 nitrogen and oxygen atoms in total. The molecule has 0 fully saturated rings. The van der Waals surface area contributed by atoms with Gasteiger partial charge >= 0.3 is 0 Å². The zero-order chi connectivity index (χ0) is 22.8. The largest absolute Gasteiger partial charge is 0.497 e. The van der Waals surface area contributed by atoms with Crippen LogP contribution in [0.1, 0.15) is 27.4 Å². The van der Waals surface area contributed by atoms with Crippen molar-refractivity contribution in [3.63, 3.8) is 0 Å². The molecule has 0 aliphatic carbocycles. The van der Waals surface area contributed by atoms with E-state index in [9.17, 15) is 4.79 Å². The number of hydrogen-bond acceptors (Lipinski definition) is 4. The molecule has 0 saturated carbocycles. The lowest BCUT2D eigenvalue weighted by molar-refractivity contribution is 0.102. The van der Waals surface area contributed by atoms with E-state index < -0.39 is 0 Å². The van der Waals surface area contributed by atoms with E-state index in [0.717, 1.165) is 16.8 Å². The lowest BCUT2D eigenvalue weighted by Crippen LogP contribution is -2.14. The number of aromatic amines is 1. The Morgan fingerprint density at radius 2 is 1.84 bits per heavy atom. The SMILES string of the molecule is COc1cccc(-c2cc(C(=O)Nc3c(C)nn(Cc4c(Cl)cccc4Cl)c3C)[nH]n2)c1. The van der Waals surface area contributed by atoms with Gasteiger partial charge in [0.05, 0.1) is 36.4 Å². The second kappa shape index (κ2) is 9.06. The van der Waals surface area contributed by atoms with Crippen molar-refractivity contribution in [2.24, 2.45) is 0 Å². The van der Waals surface area contributed by atoms with Crippen LogP contribution in [0, 0.1) is 13.8 Å². The van der Waals surface area contributed by atoms with Crippen LogP contribution in [0.4, 0.5) is 5.69 Å². The molecular formula is C23H21Cl2N5O2. The van der Waals surface area contributed by atoms with Gasteiger partial charge in [0.2, 0.25) is 0 Å². The first-order valence-corrected chi connectivity index (χ1v) is 10.6. The predicted molar refractivity (Wildman–Crippen MR) is 126 cm³/mol. The molecule has 0 atom stereocenters. The number of aromatic nitrogens is 4. The summed E-state index contributed by atoms with van der Waals surface area (Å²) in [5.74, 6) is 0.405. The van der Waals surface area contributed by atoms with Crippen LogP contribution in [0.15, 0.2) is 48.5 Å². The number of methoxy groups -OCH3 is 1. The minimum atomic E-state index is -0.312. The first kappa shape index (κ1) is 21.9. The van der Waals surface area contributed by atoms with Crippen molar-refractivity contribution < 1.29 is 9.53 Å². The van der Waals surface area contributed by atoms with Gasteiger partial charge in [-0.3, -0.25) is 14.6 Å². The third-order valence-corrected chi connectivity index (χ3v) is 5.89. The molecule has 0 unspecified atom stereocenters. The van der Waals surface area contributed by atoms with Gasteiger partial charge in [0.25, 0.3) is 5.91 Å². The number of H-pyrrole nitrogens is 1. The van der Waals surface area contributed by atoms with E-state index in [0.29, 0.717) is 45.1 Å². The number of rotatable bonds is 6. The number of nitrogens with zero attached hydrogens (tertiary/aromatic N) is 3. The second-order valence-corrected chi connectivity index (χ2v) is 8.07. The molecule has 0 bridgehead atoms. The number of anilines is 1. The van der Waals surface area contributed by atoms with E-state index in [1.54, 1.807) is 36.1 Å². The maximum Gasteiger partial charge on any atom is 0.273 e. The van der Waals surface area contributed by atoms with E-state index >= 15 is 0 Å². The Labute approximate surface area is 195 Å². The highest BCUT2D eigenvalue weighted by molar-refractivity contribution is 6.36. The lowest BCUT2D eigenvalue weighted by Gasteiger charge is -2.09. The predicted octanol–water partition coefficient (Wildman–Crippen LogP) is 5.51. The second-order valence-electron chi connectivity index (χ2n) is 7.26. The molecule has 32 heavy (non-hydrogen) atoms. The minimum Gasteiger partial charge on any atom is -0.497 e. The number of carbonyl (C=O) groups is 1. The van der Waals surface area contributed by atoms with Gasteiger partial charge < -0.3 is 10.1 Å². The zero-order valence-corrected chi connectivity index (χ0v) is 19.3. The quantitative estimate of drug-likeness (QED) is 0.390. The monoisotopic (exact) mass is 469 g/mol. The molecule has 0 aliphatic rings. The van der Waals surface area contributed by atoms with E-state index in [2.05, 4.69) is 20.6 Å². The fraction of sp³-hybridized carbons (Fsp3) is 0.174. The Bertz CT molecular complexity index is 1280. The molecule has 0 spiro atoms. The molecule has 2 aromatic heterocycles. The zero-order valence-electron chi connectivity index (χ0n) is 17.7. The number of hydrogen-bond donors (Lipinski definition) is 2. The van der Waals surface area contributed by atoms with E-state index in [1.165, 1.54) is 0 Å². The van der Waals surface area contributed by atoms with Crippen LogP contribution in [0.5, 0.6) is 5.75 Å². The van der Waals surface area contributed by atoms with Crippen LogP contribution in [0.25, 0.3) is 11.3 Å². The first-order valence-electron chi connectivity index (χ1n) is 9.85. The van der Waals surface area contributed by atoms with Crippen molar-refractivity contribution in [2.75, 3.05) is 12.4 Å². The summed E-state index contributed by atoms with van der Waals surface area (Å²) >= 11 is 12.6. The summed E-state index contributed by atoms with van der Waals surface area (Å²) in [5.41, 5.74) is 4.71. The van der Waals surface area contributed by atoms with Gasteiger partial charge in [-0.2, -0.15) is 10.2 Å². The van der Waals surface area contributed by atoms with Crippen LogP contribution in [0.2, 0.25) is 10.0 Å². The normalized spacial score (nSPS) is 10.9. The van der Waals surface area contributed by atoms with Crippen LogP contribution < -0.4 is 10.1 Å². The fourth-order valence-corrected chi connectivity index (χ4v) is 3.93. The fourth-order valence-electron chi connectivity index (χ4n) is 3.41. The summed E-state index contributed by atoms with van der Waals surface area (Å²) in [6, 6.07) is 14.5. The van der Waals surface area contributed by atoms with Crippen molar-refractivity contribution in [3.05, 3.63) is 81.2 Å². The molecule has 9 heteroatoms. The molecule has 2 N–H and O–H groups in total. The van der Waals surface area contributed by atoms with E-state index in [-0.39, 0.29) is 5.91 Å². The van der Waals surface area contributed by atoms with Gasteiger partial charge in [0.15, 0.2) is 0 Å². The van der Waals surface area contributed by atoms with Crippen molar-refractivity contribution >= 4 is 34.8 Å². The maximum absolute atomic E-state index is 12.9. The average molecular weight is 470 g/mol. The summed E-state index contributed by atoms with van der Waals surface area (Å²) in [6.45, 7) is 4.11. The Hall–Kier alpha value is -3.29.